The number of aromatic amines is 1. The van der Waals surface area contributed by atoms with Crippen LogP contribution < -0.4 is 5.32 Å². The van der Waals surface area contributed by atoms with Gasteiger partial charge in [-0.2, -0.15) is 10.5 Å². The molecule has 8 nitrogen and oxygen atoms in total. The zero-order valence-electron chi connectivity index (χ0n) is 11.8. The SMILES string of the molecule is CN(C)C(=O)c1cc(Cl)ccc1NC=C(C#N)c1nn[nH]n1. The van der Waals surface area contributed by atoms with Crippen LogP contribution >= 0.6 is 11.6 Å². The van der Waals surface area contributed by atoms with Gasteiger partial charge >= 0.3 is 0 Å². The van der Waals surface area contributed by atoms with Crippen molar-refractivity contribution in [3.05, 3.63) is 40.8 Å². The van der Waals surface area contributed by atoms with Crippen molar-refractivity contribution in [2.45, 2.75) is 0 Å². The molecule has 1 amide bonds. The number of anilines is 1. The number of hydrogen-bond donors (Lipinski definition) is 2. The highest BCUT2D eigenvalue weighted by molar-refractivity contribution is 6.31. The van der Waals surface area contributed by atoms with Crippen LogP contribution in [-0.4, -0.2) is 45.5 Å². The summed E-state index contributed by atoms with van der Waals surface area (Å²) in [5, 5.41) is 25.6. The fourth-order valence-electron chi connectivity index (χ4n) is 1.63. The lowest BCUT2D eigenvalue weighted by atomic mass is 10.1. The largest absolute Gasteiger partial charge is 0.360 e. The molecule has 1 heterocycles. The van der Waals surface area contributed by atoms with Crippen LogP contribution in [0.5, 0.6) is 0 Å². The van der Waals surface area contributed by atoms with Crippen molar-refractivity contribution >= 4 is 28.8 Å². The van der Waals surface area contributed by atoms with Gasteiger partial charge in [0.15, 0.2) is 0 Å². The second-order valence-electron chi connectivity index (χ2n) is 4.44. The van der Waals surface area contributed by atoms with E-state index >= 15 is 0 Å². The van der Waals surface area contributed by atoms with Gasteiger partial charge in [-0.25, -0.2) is 0 Å². The van der Waals surface area contributed by atoms with Crippen LogP contribution in [0.2, 0.25) is 5.02 Å². The molecule has 0 saturated heterocycles. The molecule has 1 aromatic carbocycles. The van der Waals surface area contributed by atoms with Crippen molar-refractivity contribution in [3.63, 3.8) is 0 Å². The summed E-state index contributed by atoms with van der Waals surface area (Å²) < 4.78 is 0. The van der Waals surface area contributed by atoms with Gasteiger partial charge in [0.2, 0.25) is 5.82 Å². The molecule has 2 N–H and O–H groups in total. The molecule has 0 bridgehead atoms. The lowest BCUT2D eigenvalue weighted by molar-refractivity contribution is 0.0828. The van der Waals surface area contributed by atoms with Crippen molar-refractivity contribution < 1.29 is 4.79 Å². The van der Waals surface area contributed by atoms with E-state index in [9.17, 15) is 4.79 Å². The number of allylic oxidation sites excluding steroid dienone is 1. The number of nitriles is 1. The summed E-state index contributed by atoms with van der Waals surface area (Å²) in [5.41, 5.74) is 1.07. The zero-order chi connectivity index (χ0) is 16.1. The van der Waals surface area contributed by atoms with Gasteiger partial charge < -0.3 is 10.2 Å². The van der Waals surface area contributed by atoms with E-state index in [1.165, 1.54) is 11.1 Å². The first-order valence-corrected chi connectivity index (χ1v) is 6.52. The normalized spacial score (nSPS) is 10.9. The number of halogens is 1. The van der Waals surface area contributed by atoms with Crippen molar-refractivity contribution in [1.82, 2.24) is 25.5 Å². The highest BCUT2D eigenvalue weighted by Crippen LogP contribution is 2.22. The monoisotopic (exact) mass is 317 g/mol. The summed E-state index contributed by atoms with van der Waals surface area (Å²) in [7, 11) is 3.28. The second-order valence-corrected chi connectivity index (χ2v) is 4.88. The first-order chi connectivity index (χ1) is 10.5. The average Bonchev–Trinajstić information content (AvgIpc) is 3.02. The van der Waals surface area contributed by atoms with Crippen LogP contribution in [0, 0.1) is 11.3 Å². The molecule has 0 saturated carbocycles. The van der Waals surface area contributed by atoms with E-state index in [0.717, 1.165) is 0 Å². The molecule has 0 spiro atoms. The molecule has 112 valence electrons. The molecule has 0 fully saturated rings. The van der Waals surface area contributed by atoms with Crippen molar-refractivity contribution in [3.8, 4) is 6.07 Å². The van der Waals surface area contributed by atoms with Gasteiger partial charge in [0.25, 0.3) is 5.91 Å². The quantitative estimate of drug-likeness (QED) is 0.827. The van der Waals surface area contributed by atoms with E-state index in [2.05, 4.69) is 25.9 Å². The smallest absolute Gasteiger partial charge is 0.255 e. The Bertz CT molecular complexity index is 746. The Labute approximate surface area is 131 Å². The zero-order valence-corrected chi connectivity index (χ0v) is 12.6. The lowest BCUT2D eigenvalue weighted by Gasteiger charge is -2.14. The number of benzene rings is 1. The number of nitrogens with zero attached hydrogens (tertiary/aromatic N) is 5. The molecule has 0 aliphatic carbocycles. The van der Waals surface area contributed by atoms with E-state index in [1.807, 2.05) is 6.07 Å². The Hall–Kier alpha value is -2.92. The number of rotatable bonds is 4. The predicted octanol–water partition coefficient (Wildman–Crippen LogP) is 1.53. The number of aromatic nitrogens is 4. The van der Waals surface area contributed by atoms with Crippen molar-refractivity contribution in [2.75, 3.05) is 19.4 Å². The Balaban J connectivity index is 2.34. The summed E-state index contributed by atoms with van der Waals surface area (Å²) in [6.45, 7) is 0. The summed E-state index contributed by atoms with van der Waals surface area (Å²) in [6.07, 6.45) is 1.40. The van der Waals surface area contributed by atoms with E-state index in [-0.39, 0.29) is 17.3 Å². The molecule has 2 rings (SSSR count). The number of nitrogens with one attached hydrogen (secondary N) is 2. The van der Waals surface area contributed by atoms with Crippen LogP contribution in [0.15, 0.2) is 24.4 Å². The standard InChI is InChI=1S/C13H12ClN7O/c1-21(2)13(22)10-5-9(14)3-4-11(10)16-7-8(6-15)12-17-19-20-18-12/h3-5,7,16H,1-2H3,(H,17,18,19,20). The number of H-pyrrole nitrogens is 1. The molecule has 0 radical (unpaired) electrons. The molecule has 1 aromatic heterocycles. The van der Waals surface area contributed by atoms with Crippen LogP contribution in [-0.2, 0) is 0 Å². The number of amides is 1. The molecule has 2 aromatic rings. The number of tetrazole rings is 1. The average molecular weight is 318 g/mol. The molecule has 0 unspecified atom stereocenters. The highest BCUT2D eigenvalue weighted by atomic mass is 35.5. The van der Waals surface area contributed by atoms with Gasteiger partial charge in [0.05, 0.1) is 11.3 Å². The maximum atomic E-state index is 12.2. The molecular formula is C13H12ClN7O. The van der Waals surface area contributed by atoms with Crippen molar-refractivity contribution in [2.24, 2.45) is 0 Å². The van der Waals surface area contributed by atoms with E-state index in [4.69, 9.17) is 16.9 Å². The molecule has 22 heavy (non-hydrogen) atoms. The number of carbonyl (C=O) groups is 1. The van der Waals surface area contributed by atoms with Gasteiger partial charge in [-0.05, 0) is 23.4 Å². The Morgan fingerprint density at radius 3 is 2.86 bits per heavy atom. The Kier molecular flexibility index (Phi) is 4.70. The maximum absolute atomic E-state index is 12.2. The van der Waals surface area contributed by atoms with E-state index < -0.39 is 0 Å². The highest BCUT2D eigenvalue weighted by Gasteiger charge is 2.14. The number of hydrogen-bond acceptors (Lipinski definition) is 6. The van der Waals surface area contributed by atoms with E-state index in [1.54, 1.807) is 32.3 Å². The Morgan fingerprint density at radius 2 is 2.27 bits per heavy atom. The molecular weight excluding hydrogens is 306 g/mol. The fraction of sp³-hybridized carbons (Fsp3) is 0.154. The molecule has 9 heteroatoms. The van der Waals surface area contributed by atoms with Gasteiger partial charge in [-0.3, -0.25) is 4.79 Å². The van der Waals surface area contributed by atoms with E-state index in [0.29, 0.717) is 16.3 Å². The molecule has 0 aliphatic rings. The van der Waals surface area contributed by atoms with Crippen molar-refractivity contribution in [1.29, 1.82) is 5.26 Å². The van der Waals surface area contributed by atoms with Crippen LogP contribution in [0.1, 0.15) is 16.2 Å². The van der Waals surface area contributed by atoms with Crippen LogP contribution in [0.3, 0.4) is 0 Å². The number of carbonyl (C=O) groups excluding carboxylic acids is 1. The second kappa shape index (κ2) is 6.69. The minimum absolute atomic E-state index is 0.157. The minimum atomic E-state index is -0.212. The lowest BCUT2D eigenvalue weighted by Crippen LogP contribution is -2.22. The predicted molar refractivity (Wildman–Crippen MR) is 80.9 cm³/mol. The van der Waals surface area contributed by atoms with Crippen LogP contribution in [0.25, 0.3) is 5.57 Å². The minimum Gasteiger partial charge on any atom is -0.360 e. The maximum Gasteiger partial charge on any atom is 0.255 e. The Morgan fingerprint density at radius 1 is 1.50 bits per heavy atom. The third-order valence-corrected chi connectivity index (χ3v) is 2.93. The van der Waals surface area contributed by atoms with Gasteiger partial charge in [0, 0.05) is 25.3 Å². The third kappa shape index (κ3) is 3.39. The third-order valence-electron chi connectivity index (χ3n) is 2.70. The fourth-order valence-corrected chi connectivity index (χ4v) is 1.80. The first kappa shape index (κ1) is 15.5. The van der Waals surface area contributed by atoms with Gasteiger partial charge in [-0.1, -0.05) is 11.6 Å². The summed E-state index contributed by atoms with van der Waals surface area (Å²) in [6, 6.07) is 6.80. The van der Waals surface area contributed by atoms with Crippen LogP contribution in [0.4, 0.5) is 5.69 Å². The van der Waals surface area contributed by atoms with Gasteiger partial charge in [0.1, 0.15) is 11.6 Å². The van der Waals surface area contributed by atoms with Gasteiger partial charge in [-0.15, -0.1) is 10.2 Å². The molecule has 0 aliphatic heterocycles. The first-order valence-electron chi connectivity index (χ1n) is 6.14. The molecule has 0 atom stereocenters. The summed E-state index contributed by atoms with van der Waals surface area (Å²) >= 11 is 5.94. The summed E-state index contributed by atoms with van der Waals surface area (Å²) in [5.74, 6) is -0.0547. The summed E-state index contributed by atoms with van der Waals surface area (Å²) in [4.78, 5) is 13.6. The topological polar surface area (TPSA) is 111 Å².